The minimum absolute atomic E-state index is 0.0564. The molecule has 25 heavy (non-hydrogen) atoms. The molecule has 1 fully saturated rings. The molecule has 1 aliphatic rings. The van der Waals surface area contributed by atoms with Crippen molar-refractivity contribution < 1.29 is 4.79 Å². The molecule has 0 saturated carbocycles. The number of carbonyl (C=O) groups excluding carboxylic acids is 1. The smallest absolute Gasteiger partial charge is 0.319 e. The molecule has 0 radical (unpaired) electrons. The number of rotatable bonds is 3. The van der Waals surface area contributed by atoms with Crippen molar-refractivity contribution in [2.75, 3.05) is 51.7 Å². The summed E-state index contributed by atoms with van der Waals surface area (Å²) < 4.78 is 0. The van der Waals surface area contributed by atoms with Gasteiger partial charge in [-0.3, -0.25) is 4.98 Å². The predicted molar refractivity (Wildman–Crippen MR) is 102 cm³/mol. The molecule has 1 aromatic heterocycles. The predicted octanol–water partition coefficient (Wildman–Crippen LogP) is 2.19. The molecule has 1 aliphatic heterocycles. The number of amides is 2. The highest BCUT2D eigenvalue weighted by Gasteiger charge is 2.25. The fourth-order valence-electron chi connectivity index (χ4n) is 3.34. The summed E-state index contributed by atoms with van der Waals surface area (Å²) in [6.45, 7) is 3.47. The standard InChI is InChI=1S/C18H24ClN5O/c1-22(2)18(25)24-10-8-23(9-11-24)17-13(5-6-20)12-15(19)14-4-3-7-21-16(14)17/h3-4,7,12H,5-6,8-11,20H2,1-2H3. The highest BCUT2D eigenvalue weighted by atomic mass is 35.5. The molecule has 0 spiro atoms. The van der Waals surface area contributed by atoms with Crippen molar-refractivity contribution in [2.24, 2.45) is 5.73 Å². The molecule has 2 N–H and O–H groups in total. The molecule has 0 unspecified atom stereocenters. The summed E-state index contributed by atoms with van der Waals surface area (Å²) in [5, 5.41) is 1.66. The van der Waals surface area contributed by atoms with Crippen LogP contribution in [0.5, 0.6) is 0 Å². The Kier molecular flexibility index (Phi) is 5.30. The van der Waals surface area contributed by atoms with Crippen LogP contribution in [-0.4, -0.2) is 67.6 Å². The number of halogens is 1. The second-order valence-electron chi connectivity index (χ2n) is 6.46. The second kappa shape index (κ2) is 7.45. The van der Waals surface area contributed by atoms with E-state index in [1.165, 1.54) is 0 Å². The van der Waals surface area contributed by atoms with E-state index in [2.05, 4.69) is 9.88 Å². The van der Waals surface area contributed by atoms with E-state index in [0.29, 0.717) is 24.7 Å². The number of carbonyl (C=O) groups is 1. The number of piperazine rings is 1. The summed E-state index contributed by atoms with van der Waals surface area (Å²) in [5.41, 5.74) is 8.93. The van der Waals surface area contributed by atoms with E-state index in [9.17, 15) is 4.79 Å². The maximum atomic E-state index is 12.2. The number of nitrogens with two attached hydrogens (primary N) is 1. The Morgan fingerprint density at radius 1 is 1.32 bits per heavy atom. The normalized spacial score (nSPS) is 14.9. The van der Waals surface area contributed by atoms with Crippen molar-refractivity contribution in [2.45, 2.75) is 6.42 Å². The zero-order valence-electron chi connectivity index (χ0n) is 14.7. The molecule has 1 saturated heterocycles. The third-order valence-electron chi connectivity index (χ3n) is 4.56. The monoisotopic (exact) mass is 361 g/mol. The van der Waals surface area contributed by atoms with Gasteiger partial charge < -0.3 is 20.4 Å². The zero-order chi connectivity index (χ0) is 18.0. The molecule has 2 aromatic rings. The summed E-state index contributed by atoms with van der Waals surface area (Å²) in [7, 11) is 3.56. The number of fused-ring (bicyclic) bond motifs is 1. The molecule has 134 valence electrons. The minimum atomic E-state index is 0.0564. The molecule has 2 heterocycles. The first-order valence-corrected chi connectivity index (χ1v) is 8.88. The molecule has 3 rings (SSSR count). The Hall–Kier alpha value is -2.05. The van der Waals surface area contributed by atoms with Crippen LogP contribution in [0, 0.1) is 0 Å². The highest BCUT2D eigenvalue weighted by Crippen LogP contribution is 2.35. The molecule has 7 heteroatoms. The van der Waals surface area contributed by atoms with Gasteiger partial charge in [-0.25, -0.2) is 4.79 Å². The molecular weight excluding hydrogens is 338 g/mol. The van der Waals surface area contributed by atoms with E-state index in [4.69, 9.17) is 17.3 Å². The van der Waals surface area contributed by atoms with Crippen LogP contribution >= 0.6 is 11.6 Å². The van der Waals surface area contributed by atoms with Gasteiger partial charge in [-0.05, 0) is 36.7 Å². The molecule has 0 atom stereocenters. The average molecular weight is 362 g/mol. The van der Waals surface area contributed by atoms with Crippen molar-refractivity contribution in [3.05, 3.63) is 35.0 Å². The molecule has 0 aliphatic carbocycles. The van der Waals surface area contributed by atoms with Gasteiger partial charge in [-0.2, -0.15) is 0 Å². The van der Waals surface area contributed by atoms with Crippen LogP contribution in [0.25, 0.3) is 10.9 Å². The molecular formula is C18H24ClN5O. The van der Waals surface area contributed by atoms with Gasteiger partial charge in [0.15, 0.2) is 0 Å². The van der Waals surface area contributed by atoms with Gasteiger partial charge in [-0.15, -0.1) is 0 Å². The van der Waals surface area contributed by atoms with Crippen LogP contribution < -0.4 is 10.6 Å². The van der Waals surface area contributed by atoms with Crippen molar-refractivity contribution in [1.82, 2.24) is 14.8 Å². The number of anilines is 1. The lowest BCUT2D eigenvalue weighted by Crippen LogP contribution is -2.51. The van der Waals surface area contributed by atoms with Gasteiger partial charge in [0.1, 0.15) is 0 Å². The van der Waals surface area contributed by atoms with Crippen LogP contribution in [0.1, 0.15) is 5.56 Å². The van der Waals surface area contributed by atoms with Gasteiger partial charge in [0.05, 0.1) is 16.2 Å². The number of hydrogen-bond acceptors (Lipinski definition) is 4. The lowest BCUT2D eigenvalue weighted by molar-refractivity contribution is 0.168. The Morgan fingerprint density at radius 3 is 2.68 bits per heavy atom. The van der Waals surface area contributed by atoms with E-state index in [-0.39, 0.29) is 6.03 Å². The van der Waals surface area contributed by atoms with E-state index in [1.54, 1.807) is 25.2 Å². The summed E-state index contributed by atoms with van der Waals surface area (Å²) >= 11 is 6.45. The quantitative estimate of drug-likeness (QED) is 0.910. The van der Waals surface area contributed by atoms with Crippen LogP contribution in [0.4, 0.5) is 10.5 Å². The van der Waals surface area contributed by atoms with Crippen LogP contribution in [-0.2, 0) is 6.42 Å². The number of aromatic nitrogens is 1. The van der Waals surface area contributed by atoms with Gasteiger partial charge in [-0.1, -0.05) is 11.6 Å². The summed E-state index contributed by atoms with van der Waals surface area (Å²) in [6, 6.07) is 5.95. The summed E-state index contributed by atoms with van der Waals surface area (Å²) in [5.74, 6) is 0. The topological polar surface area (TPSA) is 65.7 Å². The third-order valence-corrected chi connectivity index (χ3v) is 4.87. The molecule has 0 bridgehead atoms. The van der Waals surface area contributed by atoms with E-state index in [1.807, 2.05) is 23.1 Å². The Bertz CT molecular complexity index is 771. The highest BCUT2D eigenvalue weighted by molar-refractivity contribution is 6.36. The van der Waals surface area contributed by atoms with Crippen molar-refractivity contribution in [3.63, 3.8) is 0 Å². The van der Waals surface area contributed by atoms with Gasteiger partial charge in [0, 0.05) is 51.9 Å². The first-order chi connectivity index (χ1) is 12.0. The first-order valence-electron chi connectivity index (χ1n) is 8.50. The van der Waals surface area contributed by atoms with Gasteiger partial charge >= 0.3 is 6.03 Å². The molecule has 1 aromatic carbocycles. The van der Waals surface area contributed by atoms with Gasteiger partial charge in [0.2, 0.25) is 0 Å². The lowest BCUT2D eigenvalue weighted by Gasteiger charge is -2.38. The summed E-state index contributed by atoms with van der Waals surface area (Å²) in [4.78, 5) is 22.5. The maximum Gasteiger partial charge on any atom is 0.319 e. The third kappa shape index (κ3) is 3.50. The van der Waals surface area contributed by atoms with E-state index in [0.717, 1.165) is 41.7 Å². The fraction of sp³-hybridized carbons (Fsp3) is 0.444. The maximum absolute atomic E-state index is 12.2. The molecule has 2 amide bonds. The number of urea groups is 1. The van der Waals surface area contributed by atoms with Crippen LogP contribution in [0.2, 0.25) is 5.02 Å². The Morgan fingerprint density at radius 2 is 2.04 bits per heavy atom. The number of pyridine rings is 1. The van der Waals surface area contributed by atoms with Crippen LogP contribution in [0.3, 0.4) is 0 Å². The van der Waals surface area contributed by atoms with Crippen LogP contribution in [0.15, 0.2) is 24.4 Å². The van der Waals surface area contributed by atoms with E-state index >= 15 is 0 Å². The Labute approximate surface area is 153 Å². The summed E-state index contributed by atoms with van der Waals surface area (Å²) in [6.07, 6.45) is 2.54. The van der Waals surface area contributed by atoms with Crippen molar-refractivity contribution >= 4 is 34.2 Å². The second-order valence-corrected chi connectivity index (χ2v) is 6.86. The average Bonchev–Trinajstić information content (AvgIpc) is 2.62. The SMILES string of the molecule is CN(C)C(=O)N1CCN(c2c(CCN)cc(Cl)c3cccnc23)CC1. The largest absolute Gasteiger partial charge is 0.366 e. The molecule has 6 nitrogen and oxygen atoms in total. The van der Waals surface area contributed by atoms with Crippen molar-refractivity contribution in [3.8, 4) is 0 Å². The zero-order valence-corrected chi connectivity index (χ0v) is 15.5. The van der Waals surface area contributed by atoms with E-state index < -0.39 is 0 Å². The fourth-order valence-corrected chi connectivity index (χ4v) is 3.63. The van der Waals surface area contributed by atoms with Crippen molar-refractivity contribution in [1.29, 1.82) is 0 Å². The minimum Gasteiger partial charge on any atom is -0.366 e. The number of nitrogens with zero attached hydrogens (tertiary/aromatic N) is 4. The number of benzene rings is 1. The number of hydrogen-bond donors (Lipinski definition) is 1. The Balaban J connectivity index is 1.94. The first kappa shape index (κ1) is 17.8. The lowest BCUT2D eigenvalue weighted by atomic mass is 10.0. The van der Waals surface area contributed by atoms with Gasteiger partial charge in [0.25, 0.3) is 0 Å².